The number of aromatic nitrogens is 1. The van der Waals surface area contributed by atoms with Crippen molar-refractivity contribution in [2.45, 2.75) is 25.3 Å². The van der Waals surface area contributed by atoms with Crippen molar-refractivity contribution in [2.24, 2.45) is 16.8 Å². The Morgan fingerprint density at radius 1 is 1.53 bits per heavy atom. The minimum absolute atomic E-state index is 0.120. The number of pyridine rings is 1. The highest BCUT2D eigenvalue weighted by Crippen LogP contribution is 2.26. The van der Waals surface area contributed by atoms with Crippen molar-refractivity contribution >= 4 is 11.7 Å². The van der Waals surface area contributed by atoms with Gasteiger partial charge in [0.2, 0.25) is 0 Å². The van der Waals surface area contributed by atoms with Crippen molar-refractivity contribution in [2.75, 3.05) is 0 Å². The molecule has 1 aliphatic carbocycles. The van der Waals surface area contributed by atoms with E-state index in [1.165, 1.54) is 12.1 Å². The molecular weight excluding hydrogens is 251 g/mol. The first-order valence-corrected chi connectivity index (χ1v) is 6.01. The van der Waals surface area contributed by atoms with Crippen LogP contribution in [0.2, 0.25) is 0 Å². The number of nitrogens with zero attached hydrogens (tertiary/aromatic N) is 2. The van der Waals surface area contributed by atoms with Crippen LogP contribution < -0.4 is 11.1 Å². The van der Waals surface area contributed by atoms with E-state index < -0.39 is 5.82 Å². The molecule has 0 aliphatic heterocycles. The molecule has 1 aromatic rings. The molecule has 4 N–H and O–H groups in total. The summed E-state index contributed by atoms with van der Waals surface area (Å²) >= 11 is 0. The maximum Gasteiger partial charge on any atom is 0.270 e. The summed E-state index contributed by atoms with van der Waals surface area (Å²) in [5.74, 6) is -0.932. The van der Waals surface area contributed by atoms with Crippen molar-refractivity contribution in [3.8, 4) is 0 Å². The molecule has 6 nitrogen and oxygen atoms in total. The number of hydrogen-bond donors (Lipinski definition) is 3. The van der Waals surface area contributed by atoms with Crippen LogP contribution in [0.15, 0.2) is 23.5 Å². The number of nitrogens with one attached hydrogen (secondary N) is 1. The van der Waals surface area contributed by atoms with Crippen LogP contribution in [0.4, 0.5) is 4.39 Å². The summed E-state index contributed by atoms with van der Waals surface area (Å²) < 4.78 is 12.7. The molecule has 1 saturated carbocycles. The number of nitrogens with two attached hydrogens (primary N) is 1. The number of carbonyl (C=O) groups is 1. The van der Waals surface area contributed by atoms with E-state index >= 15 is 0 Å². The van der Waals surface area contributed by atoms with Gasteiger partial charge in [0, 0.05) is 12.0 Å². The predicted molar refractivity (Wildman–Crippen MR) is 66.2 cm³/mol. The fourth-order valence-electron chi connectivity index (χ4n) is 2.31. The molecule has 1 aromatic heterocycles. The molecule has 2 atom stereocenters. The molecule has 102 valence electrons. The lowest BCUT2D eigenvalue weighted by atomic mass is 10.0. The maximum atomic E-state index is 12.7. The van der Waals surface area contributed by atoms with Gasteiger partial charge in [0.05, 0.1) is 6.20 Å². The largest absolute Gasteiger partial charge is 0.409 e. The lowest BCUT2D eigenvalue weighted by molar-refractivity contribution is 0.0928. The minimum atomic E-state index is -0.494. The fraction of sp³-hybridized carbons (Fsp3) is 0.417. The number of amides is 1. The number of oxime groups is 1. The van der Waals surface area contributed by atoms with E-state index in [4.69, 9.17) is 10.9 Å². The molecule has 0 radical (unpaired) electrons. The van der Waals surface area contributed by atoms with Gasteiger partial charge in [-0.05, 0) is 25.0 Å². The summed E-state index contributed by atoms with van der Waals surface area (Å²) in [6, 6.07) is 2.31. The number of amidine groups is 1. The highest BCUT2D eigenvalue weighted by molar-refractivity contribution is 5.93. The summed E-state index contributed by atoms with van der Waals surface area (Å²) in [6.07, 6.45) is 3.40. The summed E-state index contributed by atoms with van der Waals surface area (Å²) in [6.45, 7) is 0. The van der Waals surface area contributed by atoms with Gasteiger partial charge in [-0.1, -0.05) is 11.6 Å². The highest BCUT2D eigenvalue weighted by atomic mass is 19.1. The Bertz CT molecular complexity index is 489. The first kappa shape index (κ1) is 13.3. The SMILES string of the molecule is N/C(=N/O)C1CCCC1NC(=O)c1ccc(F)cn1. The van der Waals surface area contributed by atoms with E-state index in [1.807, 2.05) is 0 Å². The van der Waals surface area contributed by atoms with Crippen LogP contribution in [0.3, 0.4) is 0 Å². The van der Waals surface area contributed by atoms with Gasteiger partial charge in [0.1, 0.15) is 17.3 Å². The standard InChI is InChI=1S/C12H15FN4O2/c13-7-4-5-10(15-6-7)12(18)16-9-3-1-2-8(9)11(14)17-19/h4-6,8-9,19H,1-3H2,(H2,14,17)(H,16,18). The lowest BCUT2D eigenvalue weighted by Crippen LogP contribution is -2.42. The van der Waals surface area contributed by atoms with E-state index in [0.29, 0.717) is 0 Å². The summed E-state index contributed by atoms with van der Waals surface area (Å²) in [5, 5.41) is 14.5. The van der Waals surface area contributed by atoms with E-state index in [-0.39, 0.29) is 29.4 Å². The zero-order valence-corrected chi connectivity index (χ0v) is 10.2. The molecule has 0 bridgehead atoms. The lowest BCUT2D eigenvalue weighted by Gasteiger charge is -2.19. The number of carbonyl (C=O) groups excluding carboxylic acids is 1. The van der Waals surface area contributed by atoms with Crippen LogP contribution in [-0.2, 0) is 0 Å². The third-order valence-corrected chi connectivity index (χ3v) is 3.29. The van der Waals surface area contributed by atoms with Gasteiger partial charge in [0.25, 0.3) is 5.91 Å². The molecule has 0 saturated heterocycles. The minimum Gasteiger partial charge on any atom is -0.409 e. The van der Waals surface area contributed by atoms with Crippen molar-refractivity contribution in [3.05, 3.63) is 29.8 Å². The molecular formula is C12H15FN4O2. The highest BCUT2D eigenvalue weighted by Gasteiger charge is 2.32. The second-order valence-corrected chi connectivity index (χ2v) is 4.50. The van der Waals surface area contributed by atoms with E-state index in [1.54, 1.807) is 0 Å². The maximum absolute atomic E-state index is 12.7. The summed E-state index contributed by atoms with van der Waals surface area (Å²) in [5.41, 5.74) is 5.73. The first-order valence-electron chi connectivity index (χ1n) is 6.01. The topological polar surface area (TPSA) is 101 Å². The smallest absolute Gasteiger partial charge is 0.270 e. The normalized spacial score (nSPS) is 23.3. The zero-order chi connectivity index (χ0) is 13.8. The first-order chi connectivity index (χ1) is 9.11. The van der Waals surface area contributed by atoms with Gasteiger partial charge in [0.15, 0.2) is 0 Å². The molecule has 7 heteroatoms. The molecule has 1 amide bonds. The van der Waals surface area contributed by atoms with Gasteiger partial charge in [-0.3, -0.25) is 4.79 Å². The Labute approximate surface area is 109 Å². The van der Waals surface area contributed by atoms with Gasteiger partial charge in [-0.15, -0.1) is 0 Å². The second kappa shape index (κ2) is 5.64. The van der Waals surface area contributed by atoms with Crippen LogP contribution in [0.25, 0.3) is 0 Å². The quantitative estimate of drug-likeness (QED) is 0.327. The molecule has 0 spiro atoms. The van der Waals surface area contributed by atoms with E-state index in [0.717, 1.165) is 25.5 Å². The van der Waals surface area contributed by atoms with Crippen molar-refractivity contribution in [1.29, 1.82) is 0 Å². The molecule has 1 fully saturated rings. The average Bonchev–Trinajstić information content (AvgIpc) is 2.86. The molecule has 2 unspecified atom stereocenters. The Morgan fingerprint density at radius 3 is 2.95 bits per heavy atom. The Kier molecular flexibility index (Phi) is 3.94. The van der Waals surface area contributed by atoms with Gasteiger partial charge in [-0.2, -0.15) is 0 Å². The van der Waals surface area contributed by atoms with E-state index in [9.17, 15) is 9.18 Å². The predicted octanol–water partition coefficient (Wildman–Crippen LogP) is 0.866. The molecule has 2 rings (SSSR count). The van der Waals surface area contributed by atoms with Gasteiger partial charge < -0.3 is 16.3 Å². The monoisotopic (exact) mass is 266 g/mol. The van der Waals surface area contributed by atoms with Crippen molar-refractivity contribution in [3.63, 3.8) is 0 Å². The van der Waals surface area contributed by atoms with Crippen molar-refractivity contribution in [1.82, 2.24) is 10.3 Å². The third kappa shape index (κ3) is 2.98. The van der Waals surface area contributed by atoms with Crippen molar-refractivity contribution < 1.29 is 14.4 Å². The van der Waals surface area contributed by atoms with Gasteiger partial charge >= 0.3 is 0 Å². The fourth-order valence-corrected chi connectivity index (χ4v) is 2.31. The summed E-state index contributed by atoms with van der Waals surface area (Å²) in [7, 11) is 0. The Balaban J connectivity index is 2.04. The Hall–Kier alpha value is -2.18. The molecule has 1 aliphatic rings. The van der Waals surface area contributed by atoms with Crippen LogP contribution in [-0.4, -0.2) is 28.0 Å². The molecule has 0 aromatic carbocycles. The van der Waals surface area contributed by atoms with Crippen LogP contribution in [0, 0.1) is 11.7 Å². The van der Waals surface area contributed by atoms with Crippen LogP contribution >= 0.6 is 0 Å². The number of rotatable bonds is 3. The van der Waals surface area contributed by atoms with Crippen LogP contribution in [0.5, 0.6) is 0 Å². The third-order valence-electron chi connectivity index (χ3n) is 3.29. The second-order valence-electron chi connectivity index (χ2n) is 4.50. The van der Waals surface area contributed by atoms with Gasteiger partial charge in [-0.25, -0.2) is 9.37 Å². The number of hydrogen-bond acceptors (Lipinski definition) is 4. The molecule has 1 heterocycles. The van der Waals surface area contributed by atoms with E-state index in [2.05, 4.69) is 15.5 Å². The van der Waals surface area contributed by atoms with Crippen LogP contribution in [0.1, 0.15) is 29.8 Å². The Morgan fingerprint density at radius 2 is 2.32 bits per heavy atom. The number of halogens is 1. The summed E-state index contributed by atoms with van der Waals surface area (Å²) in [4.78, 5) is 15.6. The average molecular weight is 266 g/mol. The molecule has 19 heavy (non-hydrogen) atoms. The zero-order valence-electron chi connectivity index (χ0n) is 10.2.